The highest BCUT2D eigenvalue weighted by Crippen LogP contribution is 2.21. The maximum Gasteiger partial charge on any atom is 0.139 e. The van der Waals surface area contributed by atoms with E-state index in [0.717, 1.165) is 21.9 Å². The zero-order valence-corrected chi connectivity index (χ0v) is 8.05. The van der Waals surface area contributed by atoms with Crippen LogP contribution in [0.4, 0.5) is 0 Å². The summed E-state index contributed by atoms with van der Waals surface area (Å²) in [6, 6.07) is 12.0. The predicted molar refractivity (Wildman–Crippen MR) is 58.6 cm³/mol. The molecule has 0 spiro atoms. The standard InChI is InChI=1S/C11H7ClN2/c12-10-6-8-5-7-3-1-2-4-9(7)13-11(8)14-10/h1-6H,(H,13,14). The number of nitrogens with zero attached hydrogens (tertiary/aromatic N) is 1. The zero-order valence-electron chi connectivity index (χ0n) is 7.29. The van der Waals surface area contributed by atoms with Gasteiger partial charge in [0.15, 0.2) is 0 Å². The van der Waals surface area contributed by atoms with Gasteiger partial charge in [-0.25, -0.2) is 4.98 Å². The van der Waals surface area contributed by atoms with Crippen LogP contribution in [0, 0.1) is 0 Å². The Bertz CT molecular complexity index is 560. The fourth-order valence-electron chi connectivity index (χ4n) is 1.63. The summed E-state index contributed by atoms with van der Waals surface area (Å²) in [6.07, 6.45) is 0. The summed E-state index contributed by atoms with van der Waals surface area (Å²) < 4.78 is 0. The van der Waals surface area contributed by atoms with E-state index < -0.39 is 0 Å². The molecule has 0 bridgehead atoms. The van der Waals surface area contributed by atoms with Crippen LogP contribution in [-0.2, 0) is 0 Å². The average Bonchev–Trinajstić information content (AvgIpc) is 2.53. The summed E-state index contributed by atoms with van der Waals surface area (Å²) >= 11 is 5.86. The second kappa shape index (κ2) is 2.72. The molecule has 2 nitrogen and oxygen atoms in total. The number of halogens is 1. The third kappa shape index (κ3) is 1.08. The lowest BCUT2D eigenvalue weighted by molar-refractivity contribution is 1.37. The van der Waals surface area contributed by atoms with Crippen LogP contribution >= 0.6 is 11.6 Å². The first kappa shape index (κ1) is 7.83. The normalized spacial score (nSPS) is 11.2. The molecule has 2 heterocycles. The second-order valence-electron chi connectivity index (χ2n) is 3.24. The van der Waals surface area contributed by atoms with E-state index in [0.29, 0.717) is 5.15 Å². The lowest BCUT2D eigenvalue weighted by Gasteiger charge is -1.95. The van der Waals surface area contributed by atoms with E-state index in [4.69, 9.17) is 11.6 Å². The van der Waals surface area contributed by atoms with Gasteiger partial charge in [0, 0.05) is 10.8 Å². The number of fused-ring (bicyclic) bond motifs is 2. The minimum atomic E-state index is 0.628. The van der Waals surface area contributed by atoms with E-state index in [2.05, 4.69) is 16.0 Å². The first-order valence-electron chi connectivity index (χ1n) is 4.37. The number of benzene rings is 1. The second-order valence-corrected chi connectivity index (χ2v) is 3.64. The molecule has 1 N–H and O–H groups in total. The van der Waals surface area contributed by atoms with Gasteiger partial charge >= 0.3 is 0 Å². The van der Waals surface area contributed by atoms with E-state index in [1.165, 1.54) is 0 Å². The van der Waals surface area contributed by atoms with Crippen molar-refractivity contribution in [2.24, 2.45) is 0 Å². The van der Waals surface area contributed by atoms with Gasteiger partial charge in [-0.05, 0) is 18.2 Å². The third-order valence-electron chi connectivity index (χ3n) is 2.27. The molecule has 0 aliphatic heterocycles. The van der Waals surface area contributed by atoms with Gasteiger partial charge < -0.3 is 4.98 Å². The van der Waals surface area contributed by atoms with Crippen molar-refractivity contribution in [2.45, 2.75) is 0 Å². The van der Waals surface area contributed by atoms with Gasteiger partial charge in [-0.1, -0.05) is 29.8 Å². The Morgan fingerprint density at radius 1 is 1.07 bits per heavy atom. The van der Waals surface area contributed by atoms with Gasteiger partial charge in [0.25, 0.3) is 0 Å². The molecule has 3 rings (SSSR count). The van der Waals surface area contributed by atoms with Crippen molar-refractivity contribution in [1.82, 2.24) is 9.97 Å². The molecule has 0 saturated heterocycles. The highest BCUT2D eigenvalue weighted by Gasteiger charge is 2.01. The molecule has 0 aliphatic carbocycles. The van der Waals surface area contributed by atoms with Crippen molar-refractivity contribution in [1.29, 1.82) is 0 Å². The van der Waals surface area contributed by atoms with Crippen LogP contribution in [0.15, 0.2) is 36.4 Å². The Kier molecular flexibility index (Phi) is 1.52. The molecule has 0 fully saturated rings. The number of pyridine rings is 1. The largest absolute Gasteiger partial charge is 0.330 e. The van der Waals surface area contributed by atoms with Gasteiger partial charge in [-0.2, -0.15) is 0 Å². The summed E-state index contributed by atoms with van der Waals surface area (Å²) in [7, 11) is 0. The molecule has 3 heteroatoms. The minimum absolute atomic E-state index is 0.628. The van der Waals surface area contributed by atoms with Gasteiger partial charge in [-0.15, -0.1) is 0 Å². The van der Waals surface area contributed by atoms with Gasteiger partial charge in [-0.3, -0.25) is 0 Å². The van der Waals surface area contributed by atoms with Crippen LogP contribution in [-0.4, -0.2) is 9.97 Å². The third-order valence-corrected chi connectivity index (χ3v) is 2.48. The number of hydrogen-bond donors (Lipinski definition) is 1. The smallest absolute Gasteiger partial charge is 0.139 e. The number of nitrogens with one attached hydrogen (secondary N) is 1. The van der Waals surface area contributed by atoms with Gasteiger partial charge in [0.2, 0.25) is 0 Å². The highest BCUT2D eigenvalue weighted by atomic mass is 35.5. The van der Waals surface area contributed by atoms with Gasteiger partial charge in [0.1, 0.15) is 10.8 Å². The number of H-pyrrole nitrogens is 1. The number of para-hydroxylation sites is 1. The monoisotopic (exact) mass is 202 g/mol. The van der Waals surface area contributed by atoms with Crippen LogP contribution < -0.4 is 0 Å². The van der Waals surface area contributed by atoms with E-state index in [-0.39, 0.29) is 0 Å². The molecule has 0 aliphatic rings. The SMILES string of the molecule is Clc1cc2cc3ccccc3nc2[nH]1. The van der Waals surface area contributed by atoms with Crippen LogP contribution in [0.5, 0.6) is 0 Å². The first-order chi connectivity index (χ1) is 6.83. The van der Waals surface area contributed by atoms with Gasteiger partial charge in [0.05, 0.1) is 5.52 Å². The molecule has 2 aromatic heterocycles. The van der Waals surface area contributed by atoms with Crippen molar-refractivity contribution in [3.63, 3.8) is 0 Å². The first-order valence-corrected chi connectivity index (χ1v) is 4.75. The summed E-state index contributed by atoms with van der Waals surface area (Å²) in [5.74, 6) is 0. The quantitative estimate of drug-likeness (QED) is 0.595. The Morgan fingerprint density at radius 2 is 1.93 bits per heavy atom. The lowest BCUT2D eigenvalue weighted by atomic mass is 10.2. The number of hydrogen-bond acceptors (Lipinski definition) is 1. The molecule has 14 heavy (non-hydrogen) atoms. The predicted octanol–water partition coefficient (Wildman–Crippen LogP) is 3.37. The van der Waals surface area contributed by atoms with Crippen molar-refractivity contribution in [2.75, 3.05) is 0 Å². The van der Waals surface area contributed by atoms with E-state index in [9.17, 15) is 0 Å². The van der Waals surface area contributed by atoms with E-state index in [1.807, 2.05) is 30.3 Å². The van der Waals surface area contributed by atoms with Crippen molar-refractivity contribution in [3.05, 3.63) is 41.6 Å². The molecule has 3 aromatic rings. The molecule has 0 amide bonds. The number of aromatic amines is 1. The average molecular weight is 203 g/mol. The maximum absolute atomic E-state index is 5.86. The van der Waals surface area contributed by atoms with Crippen LogP contribution in [0.3, 0.4) is 0 Å². The van der Waals surface area contributed by atoms with Crippen molar-refractivity contribution in [3.8, 4) is 0 Å². The van der Waals surface area contributed by atoms with Crippen molar-refractivity contribution < 1.29 is 0 Å². The Balaban J connectivity index is 2.51. The Labute approximate surface area is 85.5 Å². The zero-order chi connectivity index (χ0) is 9.54. The molecule has 1 aromatic carbocycles. The van der Waals surface area contributed by atoms with Crippen molar-refractivity contribution >= 4 is 33.5 Å². The van der Waals surface area contributed by atoms with Crippen LogP contribution in [0.2, 0.25) is 5.15 Å². The maximum atomic E-state index is 5.86. The highest BCUT2D eigenvalue weighted by molar-refractivity contribution is 6.30. The minimum Gasteiger partial charge on any atom is -0.330 e. The summed E-state index contributed by atoms with van der Waals surface area (Å²) in [4.78, 5) is 7.46. The van der Waals surface area contributed by atoms with E-state index >= 15 is 0 Å². The molecular weight excluding hydrogens is 196 g/mol. The molecular formula is C11H7ClN2. The Hall–Kier alpha value is -1.54. The fraction of sp³-hybridized carbons (Fsp3) is 0. The molecule has 0 radical (unpaired) electrons. The summed E-state index contributed by atoms with van der Waals surface area (Å²) in [5.41, 5.74) is 1.83. The van der Waals surface area contributed by atoms with Crippen LogP contribution in [0.1, 0.15) is 0 Å². The fourth-order valence-corrected chi connectivity index (χ4v) is 1.84. The topological polar surface area (TPSA) is 28.7 Å². The molecule has 68 valence electrons. The summed E-state index contributed by atoms with van der Waals surface area (Å²) in [5, 5.41) is 2.81. The molecule has 0 saturated carbocycles. The molecule has 0 atom stereocenters. The molecule has 0 unspecified atom stereocenters. The lowest BCUT2D eigenvalue weighted by Crippen LogP contribution is -1.79. The summed E-state index contributed by atoms with van der Waals surface area (Å²) in [6.45, 7) is 0. The number of rotatable bonds is 0. The van der Waals surface area contributed by atoms with E-state index in [1.54, 1.807) is 0 Å². The number of aromatic nitrogens is 2. The van der Waals surface area contributed by atoms with Crippen LogP contribution in [0.25, 0.3) is 21.9 Å². The Morgan fingerprint density at radius 3 is 2.86 bits per heavy atom.